The van der Waals surface area contributed by atoms with Gasteiger partial charge in [0.25, 0.3) is 0 Å². The van der Waals surface area contributed by atoms with Crippen LogP contribution in [0.5, 0.6) is 5.75 Å². The molecule has 1 aliphatic carbocycles. The van der Waals surface area contributed by atoms with Crippen LogP contribution >= 0.6 is 0 Å². The summed E-state index contributed by atoms with van der Waals surface area (Å²) in [7, 11) is 0. The number of nitrogens with zero attached hydrogens (tertiary/aromatic N) is 2. The van der Waals surface area contributed by atoms with Gasteiger partial charge in [0.2, 0.25) is 23.2 Å². The van der Waals surface area contributed by atoms with Gasteiger partial charge in [0.05, 0.1) is 16.5 Å². The minimum atomic E-state index is -1.67. The molecule has 4 saturated heterocycles. The van der Waals surface area contributed by atoms with Gasteiger partial charge in [0.1, 0.15) is 22.4 Å². The molecule has 1 saturated carbocycles. The van der Waals surface area contributed by atoms with E-state index < -0.39 is 27.7 Å². The molecule has 2 N–H and O–H groups in total. The van der Waals surface area contributed by atoms with Crippen LogP contribution in [0.3, 0.4) is 0 Å². The Kier molecular flexibility index (Phi) is 3.32. The third-order valence-corrected chi connectivity index (χ3v) is 9.47. The first-order valence-corrected chi connectivity index (χ1v) is 12.2. The zero-order valence-electron chi connectivity index (χ0n) is 19.9. The fraction of sp³-hybridized carbons (Fsp3) is 0.577. The van der Waals surface area contributed by atoms with E-state index in [9.17, 15) is 19.9 Å². The Balaban J connectivity index is 1.47. The Hall–Kier alpha value is -2.87. The van der Waals surface area contributed by atoms with Crippen LogP contribution in [0.25, 0.3) is 6.08 Å². The molecule has 8 heteroatoms. The molecule has 1 aromatic rings. The lowest BCUT2D eigenvalue weighted by Crippen LogP contribution is -2.86. The molecule has 4 atom stereocenters. The maximum absolute atomic E-state index is 14.0. The third-order valence-electron chi connectivity index (χ3n) is 9.47. The number of benzene rings is 1. The van der Waals surface area contributed by atoms with Crippen LogP contribution in [0.2, 0.25) is 0 Å². The van der Waals surface area contributed by atoms with E-state index in [-0.39, 0.29) is 24.2 Å². The van der Waals surface area contributed by atoms with Crippen LogP contribution in [-0.2, 0) is 15.2 Å². The van der Waals surface area contributed by atoms with Gasteiger partial charge in [-0.2, -0.15) is 4.74 Å². The van der Waals surface area contributed by atoms with Crippen LogP contribution in [0.4, 0.5) is 5.69 Å². The molecule has 2 spiro atoms. The van der Waals surface area contributed by atoms with Gasteiger partial charge in [0.15, 0.2) is 5.60 Å². The SMILES string of the molecule is CC1(C)C=Cc2c(ccc3c2[N+]([O-])=C2C(C)(C)[C@@H]4C[C@@]56CCCN5C(=O)[C@@]4(C[C@]23O)NC6=O)O1. The molecule has 8 rings (SSSR count). The molecule has 6 heterocycles. The summed E-state index contributed by atoms with van der Waals surface area (Å²) in [6, 6.07) is 3.53. The summed E-state index contributed by atoms with van der Waals surface area (Å²) in [5, 5.41) is 29.4. The maximum Gasteiger partial charge on any atom is 0.249 e. The second-order valence-corrected chi connectivity index (χ2v) is 12.1. The number of amides is 2. The third kappa shape index (κ3) is 1.97. The van der Waals surface area contributed by atoms with Crippen molar-refractivity contribution in [3.05, 3.63) is 34.5 Å². The molecule has 0 unspecified atom stereocenters. The predicted octanol–water partition coefficient (Wildman–Crippen LogP) is 2.33. The van der Waals surface area contributed by atoms with Gasteiger partial charge < -0.3 is 25.3 Å². The van der Waals surface area contributed by atoms with Crippen molar-refractivity contribution in [2.75, 3.05) is 6.54 Å². The Morgan fingerprint density at radius 1 is 1.24 bits per heavy atom. The number of aliphatic hydroxyl groups is 1. The largest absolute Gasteiger partial charge is 0.618 e. The zero-order chi connectivity index (χ0) is 24.1. The summed E-state index contributed by atoms with van der Waals surface area (Å²) < 4.78 is 6.97. The number of nitrogens with one attached hydrogen (secondary N) is 1. The number of piperidine rings is 2. The molecular formula is C26H29N3O5. The lowest BCUT2D eigenvalue weighted by atomic mass is 9.47. The van der Waals surface area contributed by atoms with Gasteiger partial charge in [-0.1, -0.05) is 0 Å². The van der Waals surface area contributed by atoms with E-state index in [1.807, 2.05) is 39.8 Å². The van der Waals surface area contributed by atoms with Crippen molar-refractivity contribution in [2.45, 2.75) is 75.7 Å². The molecule has 8 nitrogen and oxygen atoms in total. The standard InChI is InChI=1S/C26H29N3O5/c1-22(2)10-8-14-16(34-22)7-6-15-18(14)29(33)19-23(3,4)17-12-24-9-5-11-28(24)21(31)25(17,27-20(24)30)13-26(15,19)32/h6-8,10,17,32H,5,9,11-13H2,1-4H3,(H,27,30)/t17-,24+,25-,26+/m0/s1. The highest BCUT2D eigenvalue weighted by Gasteiger charge is 2.79. The lowest BCUT2D eigenvalue weighted by molar-refractivity contribution is -0.368. The van der Waals surface area contributed by atoms with E-state index >= 15 is 0 Å². The van der Waals surface area contributed by atoms with Crippen LogP contribution in [0.15, 0.2) is 18.2 Å². The highest BCUT2D eigenvalue weighted by atomic mass is 16.5. The molecule has 2 bridgehead atoms. The quantitative estimate of drug-likeness (QED) is 0.454. The molecule has 1 aromatic carbocycles. The van der Waals surface area contributed by atoms with E-state index in [2.05, 4.69) is 5.32 Å². The summed E-state index contributed by atoms with van der Waals surface area (Å²) >= 11 is 0. The number of hydrogen-bond donors (Lipinski definition) is 2. The molecule has 2 amide bonds. The predicted molar refractivity (Wildman–Crippen MR) is 123 cm³/mol. The first-order chi connectivity index (χ1) is 15.9. The Morgan fingerprint density at radius 2 is 2.00 bits per heavy atom. The fourth-order valence-electron chi connectivity index (χ4n) is 8.13. The Labute approximate surface area is 197 Å². The van der Waals surface area contributed by atoms with Gasteiger partial charge >= 0.3 is 0 Å². The van der Waals surface area contributed by atoms with Gasteiger partial charge in [-0.25, -0.2) is 0 Å². The number of hydrogen-bond acceptors (Lipinski definition) is 5. The molecule has 0 radical (unpaired) electrons. The van der Waals surface area contributed by atoms with Crippen molar-refractivity contribution in [3.8, 4) is 5.75 Å². The topological polar surface area (TPSA) is 105 Å². The normalized spacial score (nSPS) is 39.7. The van der Waals surface area contributed by atoms with E-state index in [0.717, 1.165) is 11.2 Å². The first-order valence-electron chi connectivity index (χ1n) is 12.2. The smallest absolute Gasteiger partial charge is 0.249 e. The zero-order valence-corrected chi connectivity index (χ0v) is 19.9. The summed E-state index contributed by atoms with van der Waals surface area (Å²) in [6.45, 7) is 8.33. The second kappa shape index (κ2) is 5.51. The van der Waals surface area contributed by atoms with Crippen molar-refractivity contribution >= 4 is 29.3 Å². The van der Waals surface area contributed by atoms with Crippen molar-refractivity contribution in [3.63, 3.8) is 0 Å². The minimum absolute atomic E-state index is 0.0405. The number of piperazine rings is 1. The van der Waals surface area contributed by atoms with E-state index in [1.165, 1.54) is 0 Å². The number of rotatable bonds is 0. The van der Waals surface area contributed by atoms with Crippen LogP contribution in [0.1, 0.15) is 64.5 Å². The van der Waals surface area contributed by atoms with Crippen molar-refractivity contribution in [1.82, 2.24) is 10.2 Å². The van der Waals surface area contributed by atoms with Crippen molar-refractivity contribution < 1.29 is 24.2 Å². The van der Waals surface area contributed by atoms with Crippen LogP contribution < -0.4 is 10.1 Å². The average molecular weight is 464 g/mol. The monoisotopic (exact) mass is 463 g/mol. The summed E-state index contributed by atoms with van der Waals surface area (Å²) in [5.41, 5.74) is -3.25. The fourth-order valence-corrected chi connectivity index (χ4v) is 8.13. The Bertz CT molecular complexity index is 1300. The minimum Gasteiger partial charge on any atom is -0.618 e. The summed E-state index contributed by atoms with van der Waals surface area (Å²) in [4.78, 5) is 29.0. The van der Waals surface area contributed by atoms with Crippen LogP contribution in [-0.4, -0.2) is 55.5 Å². The number of carbonyl (C=O) groups excluding carboxylic acids is 2. The highest BCUT2D eigenvalue weighted by Crippen LogP contribution is 2.64. The first kappa shape index (κ1) is 20.5. The average Bonchev–Trinajstić information content (AvgIpc) is 3.27. The van der Waals surface area contributed by atoms with Gasteiger partial charge in [-0.05, 0) is 71.2 Å². The highest BCUT2D eigenvalue weighted by molar-refractivity contribution is 6.09. The number of fused-ring (bicyclic) bond motifs is 6. The molecule has 178 valence electrons. The number of ether oxygens (including phenoxy) is 1. The maximum atomic E-state index is 14.0. The van der Waals surface area contributed by atoms with Crippen molar-refractivity contribution in [2.24, 2.45) is 11.3 Å². The molecule has 0 aromatic heterocycles. The second-order valence-electron chi connectivity index (χ2n) is 12.1. The lowest BCUT2D eigenvalue weighted by Gasteiger charge is -2.65. The van der Waals surface area contributed by atoms with Crippen molar-refractivity contribution in [1.29, 1.82) is 0 Å². The number of carbonyl (C=O) groups is 2. The summed E-state index contributed by atoms with van der Waals surface area (Å²) in [5.74, 6) is 0.0652. The van der Waals surface area contributed by atoms with E-state index in [0.29, 0.717) is 47.7 Å². The molecule has 5 fully saturated rings. The molecule has 34 heavy (non-hydrogen) atoms. The van der Waals surface area contributed by atoms with Gasteiger partial charge in [-0.3, -0.25) is 9.59 Å². The van der Waals surface area contributed by atoms with Crippen LogP contribution in [0, 0.1) is 16.5 Å². The molecule has 7 aliphatic rings. The summed E-state index contributed by atoms with van der Waals surface area (Å²) in [6.07, 6.45) is 5.68. The van der Waals surface area contributed by atoms with Gasteiger partial charge in [-0.15, -0.1) is 0 Å². The molecular weight excluding hydrogens is 434 g/mol. The Morgan fingerprint density at radius 3 is 2.76 bits per heavy atom. The molecule has 6 aliphatic heterocycles. The van der Waals surface area contributed by atoms with E-state index in [1.54, 1.807) is 17.0 Å². The van der Waals surface area contributed by atoms with E-state index in [4.69, 9.17) is 4.74 Å². The van der Waals surface area contributed by atoms with Gasteiger partial charge in [0, 0.05) is 18.9 Å².